The molecule has 1 unspecified atom stereocenters. The van der Waals surface area contributed by atoms with Gasteiger partial charge in [-0.1, -0.05) is 12.1 Å². The third kappa shape index (κ3) is 3.38. The van der Waals surface area contributed by atoms with E-state index < -0.39 is 10.0 Å². The minimum absolute atomic E-state index is 0.105. The topological polar surface area (TPSA) is 92.5 Å². The Morgan fingerprint density at radius 3 is 2.93 bits per heavy atom. The Morgan fingerprint density at radius 1 is 1.33 bits per heavy atom. The van der Waals surface area contributed by atoms with Crippen LogP contribution in [-0.2, 0) is 10.0 Å². The van der Waals surface area contributed by atoms with Crippen LogP contribution in [0.5, 0.6) is 0 Å². The first kappa shape index (κ1) is 18.1. The normalized spacial score (nSPS) is 18.1. The van der Waals surface area contributed by atoms with Crippen LogP contribution in [0.2, 0.25) is 0 Å². The van der Waals surface area contributed by atoms with Gasteiger partial charge in [-0.15, -0.1) is 11.3 Å². The van der Waals surface area contributed by atoms with E-state index in [4.69, 9.17) is 4.42 Å². The highest BCUT2D eigenvalue weighted by Gasteiger charge is 2.33. The van der Waals surface area contributed by atoms with Crippen molar-refractivity contribution in [2.45, 2.75) is 30.2 Å². The molecule has 0 bridgehead atoms. The summed E-state index contributed by atoms with van der Waals surface area (Å²) < 4.78 is 32.0. The molecule has 0 aliphatic carbocycles. The molecular weight excluding hydrogens is 386 g/mol. The fourth-order valence-corrected chi connectivity index (χ4v) is 5.25. The summed E-state index contributed by atoms with van der Waals surface area (Å²) in [6.45, 7) is 0.592. The summed E-state index contributed by atoms with van der Waals surface area (Å²) in [4.78, 5) is 19.9. The van der Waals surface area contributed by atoms with Gasteiger partial charge in [0, 0.05) is 11.9 Å². The van der Waals surface area contributed by atoms with Gasteiger partial charge in [0.1, 0.15) is 11.6 Å². The van der Waals surface area contributed by atoms with E-state index in [2.05, 4.69) is 9.71 Å². The number of likely N-dealkylation sites (tertiary alicyclic amines) is 1. The standard InChI is InChI=1S/C18H19N3O4S2/c1-19-27(23,24)12-10-16(26-11-12)18(22)21-9-5-4-7-14(21)17-20-13-6-2-3-8-15(13)25-17/h2-3,6,8,10-11,14,19H,4-5,7,9H2,1H3. The van der Waals surface area contributed by atoms with E-state index in [9.17, 15) is 13.2 Å². The summed E-state index contributed by atoms with van der Waals surface area (Å²) in [5.41, 5.74) is 1.47. The van der Waals surface area contributed by atoms with E-state index in [0.29, 0.717) is 22.9 Å². The summed E-state index contributed by atoms with van der Waals surface area (Å²) in [7, 11) is -2.22. The van der Waals surface area contributed by atoms with E-state index in [1.807, 2.05) is 24.3 Å². The van der Waals surface area contributed by atoms with Crippen molar-refractivity contribution < 1.29 is 17.6 Å². The third-order valence-electron chi connectivity index (χ3n) is 4.72. The van der Waals surface area contributed by atoms with Crippen molar-refractivity contribution in [2.24, 2.45) is 0 Å². The van der Waals surface area contributed by atoms with Crippen LogP contribution >= 0.6 is 11.3 Å². The molecule has 0 saturated carbocycles. The summed E-state index contributed by atoms with van der Waals surface area (Å²) in [5, 5.41) is 1.48. The number of nitrogens with zero attached hydrogens (tertiary/aromatic N) is 2. The molecule has 1 aliphatic rings. The Balaban J connectivity index is 1.65. The van der Waals surface area contributed by atoms with Gasteiger partial charge < -0.3 is 9.32 Å². The highest BCUT2D eigenvalue weighted by atomic mass is 32.2. The number of carbonyl (C=O) groups excluding carboxylic acids is 1. The molecule has 142 valence electrons. The van der Waals surface area contributed by atoms with Gasteiger partial charge in [0.15, 0.2) is 5.58 Å². The number of thiophene rings is 1. The SMILES string of the molecule is CNS(=O)(=O)c1csc(C(=O)N2CCCCC2c2nc3ccccc3o2)c1. The molecule has 4 rings (SSSR count). The summed E-state index contributed by atoms with van der Waals surface area (Å²) >= 11 is 1.13. The highest BCUT2D eigenvalue weighted by molar-refractivity contribution is 7.89. The Bertz CT molecular complexity index is 1050. The van der Waals surface area contributed by atoms with Crippen LogP contribution in [0.3, 0.4) is 0 Å². The molecule has 9 heteroatoms. The third-order valence-corrected chi connectivity index (χ3v) is 7.19. The van der Waals surface area contributed by atoms with Gasteiger partial charge in [-0.3, -0.25) is 4.79 Å². The minimum Gasteiger partial charge on any atom is -0.438 e. The lowest BCUT2D eigenvalue weighted by atomic mass is 10.0. The number of carbonyl (C=O) groups is 1. The van der Waals surface area contributed by atoms with E-state index in [1.165, 1.54) is 18.5 Å². The zero-order valence-corrected chi connectivity index (χ0v) is 16.3. The maximum atomic E-state index is 13.1. The van der Waals surface area contributed by atoms with E-state index >= 15 is 0 Å². The Hall–Kier alpha value is -2.23. The van der Waals surface area contributed by atoms with Crippen LogP contribution in [0.1, 0.15) is 40.9 Å². The number of nitrogens with one attached hydrogen (secondary N) is 1. The Kier molecular flexibility index (Phi) is 4.75. The number of oxazole rings is 1. The van der Waals surface area contributed by atoms with Crippen molar-refractivity contribution in [1.29, 1.82) is 0 Å². The first-order valence-corrected chi connectivity index (χ1v) is 11.0. The second kappa shape index (κ2) is 7.06. The number of aromatic nitrogens is 1. The van der Waals surface area contributed by atoms with Crippen molar-refractivity contribution in [3.63, 3.8) is 0 Å². The van der Waals surface area contributed by atoms with Crippen LogP contribution in [0.25, 0.3) is 11.1 Å². The predicted molar refractivity (Wildman–Crippen MR) is 102 cm³/mol. The lowest BCUT2D eigenvalue weighted by Gasteiger charge is -2.33. The van der Waals surface area contributed by atoms with E-state index in [0.717, 1.165) is 36.1 Å². The van der Waals surface area contributed by atoms with Crippen molar-refractivity contribution >= 4 is 38.4 Å². The Morgan fingerprint density at radius 2 is 2.15 bits per heavy atom. The average molecular weight is 406 g/mol. The molecule has 1 N–H and O–H groups in total. The number of hydrogen-bond acceptors (Lipinski definition) is 6. The van der Waals surface area contributed by atoms with E-state index in [-0.39, 0.29) is 16.8 Å². The number of para-hydroxylation sites is 2. The van der Waals surface area contributed by atoms with Crippen LogP contribution < -0.4 is 4.72 Å². The van der Waals surface area contributed by atoms with Crippen molar-refractivity contribution in [3.8, 4) is 0 Å². The zero-order chi connectivity index (χ0) is 19.0. The molecule has 2 aromatic heterocycles. The monoisotopic (exact) mass is 405 g/mol. The molecular formula is C18H19N3O4S2. The van der Waals surface area contributed by atoms with Crippen LogP contribution in [0.4, 0.5) is 0 Å². The molecule has 1 aliphatic heterocycles. The predicted octanol–water partition coefficient (Wildman–Crippen LogP) is 3.16. The van der Waals surface area contributed by atoms with Crippen molar-refractivity contribution in [2.75, 3.05) is 13.6 Å². The maximum absolute atomic E-state index is 13.1. The van der Waals surface area contributed by atoms with Gasteiger partial charge in [-0.05, 0) is 44.5 Å². The molecule has 1 atom stereocenters. The fourth-order valence-electron chi connectivity index (χ4n) is 3.30. The smallest absolute Gasteiger partial charge is 0.264 e. The molecule has 1 aromatic carbocycles. The number of amides is 1. The molecule has 27 heavy (non-hydrogen) atoms. The largest absolute Gasteiger partial charge is 0.438 e. The first-order chi connectivity index (χ1) is 13.0. The Labute approximate surface area is 161 Å². The fraction of sp³-hybridized carbons (Fsp3) is 0.333. The van der Waals surface area contributed by atoms with Gasteiger partial charge in [0.2, 0.25) is 15.9 Å². The molecule has 1 fully saturated rings. The second-order valence-corrected chi connectivity index (χ2v) is 9.18. The van der Waals surface area contributed by atoms with Crippen LogP contribution in [-0.4, -0.2) is 37.8 Å². The second-order valence-electron chi connectivity index (χ2n) is 6.38. The molecule has 0 spiro atoms. The summed E-state index contributed by atoms with van der Waals surface area (Å²) in [6, 6.07) is 8.70. The number of sulfonamides is 1. The van der Waals surface area contributed by atoms with Crippen LogP contribution in [0.15, 0.2) is 45.0 Å². The van der Waals surface area contributed by atoms with Crippen LogP contribution in [0, 0.1) is 0 Å². The maximum Gasteiger partial charge on any atom is 0.264 e. The lowest BCUT2D eigenvalue weighted by Crippen LogP contribution is -2.38. The molecule has 1 amide bonds. The van der Waals surface area contributed by atoms with Crippen molar-refractivity contribution in [1.82, 2.24) is 14.6 Å². The van der Waals surface area contributed by atoms with Gasteiger partial charge >= 0.3 is 0 Å². The number of rotatable bonds is 4. The summed E-state index contributed by atoms with van der Waals surface area (Å²) in [5.74, 6) is 0.341. The molecule has 0 radical (unpaired) electrons. The molecule has 1 saturated heterocycles. The average Bonchev–Trinajstić information content (AvgIpc) is 3.35. The zero-order valence-electron chi connectivity index (χ0n) is 14.7. The van der Waals surface area contributed by atoms with Gasteiger partial charge in [-0.25, -0.2) is 18.1 Å². The van der Waals surface area contributed by atoms with Crippen molar-refractivity contribution in [3.05, 3.63) is 46.5 Å². The highest BCUT2D eigenvalue weighted by Crippen LogP contribution is 2.34. The van der Waals surface area contributed by atoms with Gasteiger partial charge in [0.05, 0.1) is 9.77 Å². The molecule has 3 aromatic rings. The molecule has 7 nitrogen and oxygen atoms in total. The minimum atomic E-state index is -3.57. The first-order valence-electron chi connectivity index (χ1n) is 8.68. The summed E-state index contributed by atoms with van der Waals surface area (Å²) in [6.07, 6.45) is 2.65. The van der Waals surface area contributed by atoms with Gasteiger partial charge in [-0.2, -0.15) is 0 Å². The number of hydrogen-bond donors (Lipinski definition) is 1. The number of piperidine rings is 1. The quantitative estimate of drug-likeness (QED) is 0.720. The number of fused-ring (bicyclic) bond motifs is 1. The van der Waals surface area contributed by atoms with E-state index in [1.54, 1.807) is 4.90 Å². The molecule has 3 heterocycles. The number of benzene rings is 1. The lowest BCUT2D eigenvalue weighted by molar-refractivity contribution is 0.0579. The van der Waals surface area contributed by atoms with Gasteiger partial charge in [0.25, 0.3) is 5.91 Å².